The number of aromatic hydroxyl groups is 1. The van der Waals surface area contributed by atoms with Gasteiger partial charge in [-0.2, -0.15) is 0 Å². The third-order valence-corrected chi connectivity index (χ3v) is 5.35. The normalized spacial score (nSPS) is 13.5. The number of carbonyl (C=O) groups excluding carboxylic acids is 4. The first-order valence-electron chi connectivity index (χ1n) is 11.9. The maximum Gasteiger partial charge on any atom is 0.326 e. The van der Waals surface area contributed by atoms with E-state index in [0.29, 0.717) is 12.0 Å². The predicted molar refractivity (Wildman–Crippen MR) is 139 cm³/mol. The van der Waals surface area contributed by atoms with Crippen LogP contribution in [-0.4, -0.2) is 87.6 Å². The first kappa shape index (κ1) is 33.1. The van der Waals surface area contributed by atoms with Gasteiger partial charge in [-0.05, 0) is 30.5 Å². The van der Waals surface area contributed by atoms with E-state index in [1.165, 1.54) is 24.3 Å². The van der Waals surface area contributed by atoms with E-state index in [1.54, 1.807) is 0 Å². The van der Waals surface area contributed by atoms with E-state index in [-0.39, 0.29) is 31.1 Å². The molecule has 40 heavy (non-hydrogen) atoms. The molecule has 4 atom stereocenters. The highest BCUT2D eigenvalue weighted by Gasteiger charge is 2.32. The second-order valence-electron chi connectivity index (χ2n) is 8.72. The van der Waals surface area contributed by atoms with Crippen molar-refractivity contribution in [2.45, 2.75) is 56.3 Å². The average Bonchev–Trinajstić information content (AvgIpc) is 2.85. The number of rotatable bonds is 17. The summed E-state index contributed by atoms with van der Waals surface area (Å²) < 4.78 is 0. The van der Waals surface area contributed by atoms with Crippen molar-refractivity contribution >= 4 is 41.5 Å². The Morgan fingerprint density at radius 2 is 1.35 bits per heavy atom. The Morgan fingerprint density at radius 1 is 0.800 bits per heavy atom. The number of carboxylic acids is 2. The van der Waals surface area contributed by atoms with Crippen molar-refractivity contribution in [2.75, 3.05) is 6.54 Å². The van der Waals surface area contributed by atoms with Crippen molar-refractivity contribution in [1.82, 2.24) is 16.0 Å². The van der Waals surface area contributed by atoms with Crippen LogP contribution in [-0.2, 0) is 35.2 Å². The van der Waals surface area contributed by atoms with Crippen molar-refractivity contribution in [3.63, 3.8) is 0 Å². The SMILES string of the molecule is NC(=O)CC(NC(=O)C(Cc1ccc(O)cc1)NC(=O)C(N)CCCN=C(N)N)C(=O)NC(CC(=O)O)C(=O)O. The minimum absolute atomic E-state index is 0.0517. The molecule has 17 heteroatoms. The molecule has 0 fully saturated rings. The van der Waals surface area contributed by atoms with E-state index in [0.717, 1.165) is 0 Å². The number of carboxylic acid groups (broad SMARTS) is 2. The van der Waals surface area contributed by atoms with Crippen LogP contribution in [0, 0.1) is 0 Å². The molecule has 17 nitrogen and oxygen atoms in total. The number of benzene rings is 1. The fourth-order valence-electron chi connectivity index (χ4n) is 3.34. The quantitative estimate of drug-likeness (QED) is 0.0493. The standard InChI is InChI=1S/C23H34N8O9/c24-13(2-1-7-28-23(26)27)19(36)29-14(8-11-3-5-12(32)6-4-11)20(37)30-15(9-17(25)33)21(38)31-16(22(39)40)10-18(34)35/h3-6,13-16,32H,1-2,7-10,24H2,(H2,25,33)(H,29,36)(H,30,37)(H,31,38)(H,34,35)(H,39,40)(H4,26,27,28). The van der Waals surface area contributed by atoms with Crippen LogP contribution >= 0.6 is 0 Å². The number of nitrogens with two attached hydrogens (primary N) is 4. The first-order chi connectivity index (χ1) is 18.7. The van der Waals surface area contributed by atoms with Gasteiger partial charge in [-0.1, -0.05) is 12.1 Å². The zero-order chi connectivity index (χ0) is 30.4. The number of aliphatic imine (C=N–C) groups is 1. The van der Waals surface area contributed by atoms with E-state index in [9.17, 15) is 39.0 Å². The van der Waals surface area contributed by atoms with E-state index in [2.05, 4.69) is 15.6 Å². The van der Waals surface area contributed by atoms with E-state index >= 15 is 0 Å². The van der Waals surface area contributed by atoms with Crippen LogP contribution < -0.4 is 38.9 Å². The van der Waals surface area contributed by atoms with E-state index < -0.39 is 72.6 Å². The summed E-state index contributed by atoms with van der Waals surface area (Å²) in [4.78, 5) is 76.2. The number of hydrogen-bond donors (Lipinski definition) is 10. The van der Waals surface area contributed by atoms with Crippen LogP contribution in [0.15, 0.2) is 29.3 Å². The van der Waals surface area contributed by atoms with Gasteiger partial charge in [-0.15, -0.1) is 0 Å². The van der Waals surface area contributed by atoms with Gasteiger partial charge in [0.15, 0.2) is 5.96 Å². The molecule has 0 bridgehead atoms. The number of phenolic OH excluding ortho intramolecular Hbond substituents is 1. The number of aliphatic carboxylic acids is 2. The average molecular weight is 567 g/mol. The van der Waals surface area contributed by atoms with Gasteiger partial charge in [-0.3, -0.25) is 29.0 Å². The Balaban J connectivity index is 3.11. The number of primary amides is 1. The van der Waals surface area contributed by atoms with Crippen molar-refractivity contribution in [1.29, 1.82) is 0 Å². The Morgan fingerprint density at radius 3 is 1.88 bits per heavy atom. The van der Waals surface area contributed by atoms with Gasteiger partial charge in [0.2, 0.25) is 23.6 Å². The van der Waals surface area contributed by atoms with Crippen LogP contribution in [0.3, 0.4) is 0 Å². The number of amides is 4. The van der Waals surface area contributed by atoms with Gasteiger partial charge in [0.25, 0.3) is 0 Å². The molecule has 4 amide bonds. The second kappa shape index (κ2) is 16.1. The van der Waals surface area contributed by atoms with Gasteiger partial charge in [0, 0.05) is 13.0 Å². The summed E-state index contributed by atoms with van der Waals surface area (Å²) in [6.07, 6.45) is -1.37. The molecule has 0 saturated carbocycles. The number of hydrogen-bond acceptors (Lipinski definition) is 9. The van der Waals surface area contributed by atoms with Crippen molar-refractivity contribution < 1.29 is 44.1 Å². The molecule has 0 aliphatic carbocycles. The molecule has 4 unspecified atom stereocenters. The van der Waals surface area contributed by atoms with Gasteiger partial charge in [-0.25, -0.2) is 4.79 Å². The lowest BCUT2D eigenvalue weighted by Gasteiger charge is -2.24. The molecular weight excluding hydrogens is 532 g/mol. The second-order valence-corrected chi connectivity index (χ2v) is 8.72. The molecule has 1 aromatic carbocycles. The molecule has 0 aromatic heterocycles. The highest BCUT2D eigenvalue weighted by atomic mass is 16.4. The molecule has 220 valence electrons. The van der Waals surface area contributed by atoms with Gasteiger partial charge >= 0.3 is 11.9 Å². The lowest BCUT2D eigenvalue weighted by molar-refractivity contribution is -0.147. The Labute approximate surface area is 228 Å². The lowest BCUT2D eigenvalue weighted by atomic mass is 10.0. The predicted octanol–water partition coefficient (Wildman–Crippen LogP) is -3.80. The van der Waals surface area contributed by atoms with Crippen molar-refractivity contribution in [3.8, 4) is 5.75 Å². The Kier molecular flexibility index (Phi) is 13.3. The summed E-state index contributed by atoms with van der Waals surface area (Å²) in [5.41, 5.74) is 22.1. The number of carbonyl (C=O) groups is 6. The van der Waals surface area contributed by atoms with Gasteiger partial charge in [0.1, 0.15) is 23.9 Å². The summed E-state index contributed by atoms with van der Waals surface area (Å²) in [5.74, 6) is -7.27. The van der Waals surface area contributed by atoms with Crippen LogP contribution in [0.1, 0.15) is 31.2 Å². The van der Waals surface area contributed by atoms with Crippen LogP contribution in [0.2, 0.25) is 0 Å². The van der Waals surface area contributed by atoms with E-state index in [1.807, 2.05) is 5.32 Å². The van der Waals surface area contributed by atoms with Crippen molar-refractivity contribution in [3.05, 3.63) is 29.8 Å². The summed E-state index contributed by atoms with van der Waals surface area (Å²) >= 11 is 0. The first-order valence-corrected chi connectivity index (χ1v) is 11.9. The molecule has 0 radical (unpaired) electrons. The molecule has 0 saturated heterocycles. The van der Waals surface area contributed by atoms with Gasteiger partial charge < -0.3 is 54.2 Å². The molecule has 14 N–H and O–H groups in total. The van der Waals surface area contributed by atoms with Gasteiger partial charge in [0.05, 0.1) is 18.9 Å². The van der Waals surface area contributed by atoms with Crippen LogP contribution in [0.5, 0.6) is 5.75 Å². The minimum Gasteiger partial charge on any atom is -0.508 e. The molecule has 1 aromatic rings. The maximum absolute atomic E-state index is 13.2. The largest absolute Gasteiger partial charge is 0.508 e. The lowest BCUT2D eigenvalue weighted by Crippen LogP contribution is -2.58. The monoisotopic (exact) mass is 566 g/mol. The smallest absolute Gasteiger partial charge is 0.326 e. The number of nitrogens with zero attached hydrogens (tertiary/aromatic N) is 1. The van der Waals surface area contributed by atoms with E-state index in [4.69, 9.17) is 28.0 Å². The molecule has 0 heterocycles. The minimum atomic E-state index is -1.86. The highest BCUT2D eigenvalue weighted by Crippen LogP contribution is 2.12. The topological polar surface area (TPSA) is 316 Å². The zero-order valence-corrected chi connectivity index (χ0v) is 21.4. The third kappa shape index (κ3) is 12.5. The Hall–Kier alpha value is -4.93. The molecule has 1 rings (SSSR count). The summed E-state index contributed by atoms with van der Waals surface area (Å²) in [7, 11) is 0. The third-order valence-electron chi connectivity index (χ3n) is 5.35. The summed E-state index contributed by atoms with van der Waals surface area (Å²) in [6, 6.07) is -0.324. The van der Waals surface area contributed by atoms with Crippen LogP contribution in [0.25, 0.3) is 0 Å². The van der Waals surface area contributed by atoms with Crippen LogP contribution in [0.4, 0.5) is 0 Å². The fraction of sp³-hybridized carbons (Fsp3) is 0.435. The molecule has 0 aliphatic rings. The summed E-state index contributed by atoms with van der Waals surface area (Å²) in [6.45, 7) is 0.212. The number of phenols is 1. The summed E-state index contributed by atoms with van der Waals surface area (Å²) in [5, 5.41) is 34.3. The molecule has 0 aliphatic heterocycles. The molecular formula is C23H34N8O9. The number of guanidine groups is 1. The zero-order valence-electron chi connectivity index (χ0n) is 21.4. The fourth-order valence-corrected chi connectivity index (χ4v) is 3.34. The number of nitrogens with one attached hydrogen (secondary N) is 3. The van der Waals surface area contributed by atoms with Crippen molar-refractivity contribution in [2.24, 2.45) is 27.9 Å². The highest BCUT2D eigenvalue weighted by molar-refractivity contribution is 5.96. The Bertz CT molecular complexity index is 1110. The molecule has 0 spiro atoms. The maximum atomic E-state index is 13.2.